The molecule has 4 rings (SSSR count). The third-order valence-corrected chi connectivity index (χ3v) is 7.41. The molecule has 0 bridgehead atoms. The average molecular weight is 447 g/mol. The second kappa shape index (κ2) is 9.15. The fourth-order valence-corrected chi connectivity index (χ4v) is 5.00. The molecule has 31 heavy (non-hydrogen) atoms. The first-order chi connectivity index (χ1) is 14.9. The molecule has 2 aliphatic rings. The van der Waals surface area contributed by atoms with E-state index in [4.69, 9.17) is 14.2 Å². The van der Waals surface area contributed by atoms with Crippen molar-refractivity contribution in [2.24, 2.45) is 5.92 Å². The van der Waals surface area contributed by atoms with Crippen LogP contribution in [0.4, 0.5) is 0 Å². The van der Waals surface area contributed by atoms with Crippen LogP contribution < -0.4 is 19.5 Å². The van der Waals surface area contributed by atoms with Gasteiger partial charge in [-0.2, -0.15) is 4.31 Å². The van der Waals surface area contributed by atoms with Gasteiger partial charge in [0, 0.05) is 19.6 Å². The van der Waals surface area contributed by atoms with Crippen molar-refractivity contribution in [3.05, 3.63) is 48.0 Å². The number of fused-ring (bicyclic) bond motifs is 1. The molecule has 1 amide bonds. The molecule has 1 fully saturated rings. The van der Waals surface area contributed by atoms with Crippen LogP contribution >= 0.6 is 0 Å². The van der Waals surface area contributed by atoms with Crippen molar-refractivity contribution in [3.63, 3.8) is 0 Å². The van der Waals surface area contributed by atoms with Gasteiger partial charge in [-0.05, 0) is 60.7 Å². The first-order valence-electron chi connectivity index (χ1n) is 10.3. The maximum absolute atomic E-state index is 12.8. The van der Waals surface area contributed by atoms with Crippen molar-refractivity contribution in [1.29, 1.82) is 0 Å². The van der Waals surface area contributed by atoms with E-state index in [9.17, 15) is 13.2 Å². The Morgan fingerprint density at radius 1 is 1.10 bits per heavy atom. The lowest BCUT2D eigenvalue weighted by Crippen LogP contribution is -2.37. The number of hydrogen-bond acceptors (Lipinski definition) is 6. The molecule has 0 saturated carbocycles. The number of carbonyl (C=O) groups excluding carboxylic acids is 1. The first kappa shape index (κ1) is 21.5. The lowest BCUT2D eigenvalue weighted by molar-refractivity contribution is -0.123. The van der Waals surface area contributed by atoms with E-state index in [2.05, 4.69) is 12.2 Å². The summed E-state index contributed by atoms with van der Waals surface area (Å²) in [6.07, 6.45) is 1.75. The molecule has 1 saturated heterocycles. The number of benzene rings is 2. The minimum atomic E-state index is -3.50. The zero-order chi connectivity index (χ0) is 21.8. The second-order valence-corrected chi connectivity index (χ2v) is 9.75. The van der Waals surface area contributed by atoms with Gasteiger partial charge in [-0.25, -0.2) is 8.42 Å². The summed E-state index contributed by atoms with van der Waals surface area (Å²) in [5.41, 5.74) is 0.888. The van der Waals surface area contributed by atoms with Crippen molar-refractivity contribution in [2.75, 3.05) is 26.5 Å². The highest BCUT2D eigenvalue weighted by molar-refractivity contribution is 7.89. The van der Waals surface area contributed by atoms with E-state index in [0.29, 0.717) is 42.8 Å². The van der Waals surface area contributed by atoms with Crippen molar-refractivity contribution in [1.82, 2.24) is 9.62 Å². The molecule has 1 N–H and O–H groups in total. The van der Waals surface area contributed by atoms with E-state index in [1.54, 1.807) is 18.2 Å². The SMILES string of the molecule is CC1CCN(S(=O)(=O)c2ccc(OCC(=O)NCc3ccc4c(c3)OCO4)cc2)CC1. The molecule has 8 nitrogen and oxygen atoms in total. The van der Waals surface area contributed by atoms with Crippen LogP contribution in [-0.4, -0.2) is 45.1 Å². The predicted molar refractivity (Wildman–Crippen MR) is 114 cm³/mol. The van der Waals surface area contributed by atoms with Crippen molar-refractivity contribution >= 4 is 15.9 Å². The van der Waals surface area contributed by atoms with Crippen LogP contribution in [0.2, 0.25) is 0 Å². The first-order valence-corrected chi connectivity index (χ1v) is 11.7. The summed E-state index contributed by atoms with van der Waals surface area (Å²) in [4.78, 5) is 12.3. The highest BCUT2D eigenvalue weighted by Gasteiger charge is 2.28. The van der Waals surface area contributed by atoms with E-state index in [1.165, 1.54) is 16.4 Å². The third-order valence-electron chi connectivity index (χ3n) is 5.50. The average Bonchev–Trinajstić information content (AvgIpc) is 3.25. The van der Waals surface area contributed by atoms with Crippen molar-refractivity contribution in [3.8, 4) is 17.2 Å². The molecule has 166 valence electrons. The number of sulfonamides is 1. The standard InChI is InChI=1S/C22H26N2O6S/c1-16-8-10-24(11-9-16)31(26,27)19-5-3-18(4-6-19)28-14-22(25)23-13-17-2-7-20-21(12-17)30-15-29-20/h2-7,12,16H,8-11,13-15H2,1H3,(H,23,25). The monoisotopic (exact) mass is 446 g/mol. The van der Waals surface area contributed by atoms with Crippen LogP contribution in [0.25, 0.3) is 0 Å². The second-order valence-electron chi connectivity index (χ2n) is 7.81. The maximum atomic E-state index is 12.8. The number of ether oxygens (including phenoxy) is 3. The zero-order valence-corrected chi connectivity index (χ0v) is 18.2. The fourth-order valence-electron chi connectivity index (χ4n) is 3.53. The number of rotatable bonds is 7. The highest BCUT2D eigenvalue weighted by Crippen LogP contribution is 2.32. The van der Waals surface area contributed by atoms with Gasteiger partial charge in [0.1, 0.15) is 5.75 Å². The summed E-state index contributed by atoms with van der Waals surface area (Å²) in [5.74, 6) is 2.07. The number of piperidine rings is 1. The molecule has 2 heterocycles. The predicted octanol–water partition coefficient (Wildman–Crippen LogP) is 2.53. The minimum Gasteiger partial charge on any atom is -0.484 e. The van der Waals surface area contributed by atoms with Gasteiger partial charge in [-0.1, -0.05) is 13.0 Å². The van der Waals surface area contributed by atoms with Gasteiger partial charge >= 0.3 is 0 Å². The van der Waals surface area contributed by atoms with Crippen LogP contribution in [0.15, 0.2) is 47.4 Å². The van der Waals surface area contributed by atoms with Crippen LogP contribution in [-0.2, 0) is 21.4 Å². The number of nitrogens with zero attached hydrogens (tertiary/aromatic N) is 1. The Bertz CT molecular complexity index is 1030. The number of amides is 1. The Morgan fingerprint density at radius 2 is 1.81 bits per heavy atom. The van der Waals surface area contributed by atoms with Gasteiger partial charge in [0.15, 0.2) is 18.1 Å². The zero-order valence-electron chi connectivity index (χ0n) is 17.4. The molecule has 2 aliphatic heterocycles. The molecule has 0 radical (unpaired) electrons. The van der Waals surface area contributed by atoms with Gasteiger partial charge in [-0.3, -0.25) is 4.79 Å². The Morgan fingerprint density at radius 3 is 2.55 bits per heavy atom. The van der Waals surface area contributed by atoms with Crippen molar-refractivity contribution < 1.29 is 27.4 Å². The number of carbonyl (C=O) groups is 1. The Labute approximate surface area is 182 Å². The summed E-state index contributed by atoms with van der Waals surface area (Å²) >= 11 is 0. The normalized spacial score (nSPS) is 16.8. The van der Waals surface area contributed by atoms with E-state index >= 15 is 0 Å². The molecular formula is C22H26N2O6S. The van der Waals surface area contributed by atoms with Crippen LogP contribution in [0.1, 0.15) is 25.3 Å². The lowest BCUT2D eigenvalue weighted by Gasteiger charge is -2.29. The van der Waals surface area contributed by atoms with E-state index in [-0.39, 0.29) is 24.2 Å². The van der Waals surface area contributed by atoms with E-state index in [0.717, 1.165) is 18.4 Å². The van der Waals surface area contributed by atoms with E-state index in [1.807, 2.05) is 12.1 Å². The van der Waals surface area contributed by atoms with Gasteiger partial charge in [0.2, 0.25) is 16.8 Å². The molecule has 0 spiro atoms. The lowest BCUT2D eigenvalue weighted by atomic mass is 10.0. The van der Waals surface area contributed by atoms with Crippen LogP contribution in [0.3, 0.4) is 0 Å². The number of nitrogens with one attached hydrogen (secondary N) is 1. The molecule has 0 atom stereocenters. The molecule has 9 heteroatoms. The molecule has 2 aromatic rings. The van der Waals surface area contributed by atoms with Gasteiger partial charge < -0.3 is 19.5 Å². The largest absolute Gasteiger partial charge is 0.484 e. The summed E-state index contributed by atoms with van der Waals surface area (Å²) < 4.78 is 43.1. The Balaban J connectivity index is 1.26. The van der Waals surface area contributed by atoms with E-state index < -0.39 is 10.0 Å². The minimum absolute atomic E-state index is 0.166. The quantitative estimate of drug-likeness (QED) is 0.703. The Kier molecular flexibility index (Phi) is 6.33. The molecule has 0 aliphatic carbocycles. The van der Waals surface area contributed by atoms with Gasteiger partial charge in [-0.15, -0.1) is 0 Å². The number of hydrogen-bond donors (Lipinski definition) is 1. The summed E-state index contributed by atoms with van der Waals surface area (Å²) in [6.45, 7) is 3.61. The van der Waals surface area contributed by atoms with Gasteiger partial charge in [0.05, 0.1) is 4.90 Å². The summed E-state index contributed by atoms with van der Waals surface area (Å²) in [5, 5.41) is 2.78. The van der Waals surface area contributed by atoms with Gasteiger partial charge in [0.25, 0.3) is 5.91 Å². The fraction of sp³-hybridized carbons (Fsp3) is 0.409. The third kappa shape index (κ3) is 5.11. The smallest absolute Gasteiger partial charge is 0.258 e. The molecule has 0 aromatic heterocycles. The maximum Gasteiger partial charge on any atom is 0.258 e. The van der Waals surface area contributed by atoms with Crippen molar-refractivity contribution in [2.45, 2.75) is 31.2 Å². The Hall–Kier alpha value is -2.78. The van der Waals surface area contributed by atoms with Crippen LogP contribution in [0.5, 0.6) is 17.2 Å². The summed E-state index contributed by atoms with van der Waals surface area (Å²) in [6, 6.07) is 11.7. The van der Waals surface area contributed by atoms with Crippen LogP contribution in [0, 0.1) is 5.92 Å². The molecule has 2 aromatic carbocycles. The molecule has 0 unspecified atom stereocenters. The highest BCUT2D eigenvalue weighted by atomic mass is 32.2. The topological polar surface area (TPSA) is 94.2 Å². The molecular weight excluding hydrogens is 420 g/mol. The summed E-state index contributed by atoms with van der Waals surface area (Å²) in [7, 11) is -3.50.